The second-order valence-corrected chi connectivity index (χ2v) is 5.10. The normalized spacial score (nSPS) is 18.8. The van der Waals surface area contributed by atoms with Crippen LogP contribution in [0, 0.1) is 5.82 Å². The van der Waals surface area contributed by atoms with Gasteiger partial charge in [-0.3, -0.25) is 0 Å². The number of benzene rings is 1. The van der Waals surface area contributed by atoms with Gasteiger partial charge in [0.1, 0.15) is 5.82 Å². The average Bonchev–Trinajstić information content (AvgIpc) is 2.36. The van der Waals surface area contributed by atoms with Crippen molar-refractivity contribution in [1.29, 1.82) is 0 Å². The Bertz CT molecular complexity index is 374. The largest absolute Gasteiger partial charge is 0.329 e. The molecule has 1 aliphatic rings. The zero-order valence-corrected chi connectivity index (χ0v) is 11.1. The van der Waals surface area contributed by atoms with Gasteiger partial charge in [-0.1, -0.05) is 18.0 Å². The van der Waals surface area contributed by atoms with E-state index in [1.807, 2.05) is 0 Å². The molecule has 1 aromatic rings. The van der Waals surface area contributed by atoms with Crippen LogP contribution in [0.4, 0.5) is 4.39 Å². The zero-order valence-electron chi connectivity index (χ0n) is 10.3. The van der Waals surface area contributed by atoms with E-state index in [9.17, 15) is 4.39 Å². The van der Waals surface area contributed by atoms with Crippen LogP contribution in [-0.4, -0.2) is 24.6 Å². The van der Waals surface area contributed by atoms with Gasteiger partial charge in [0.2, 0.25) is 0 Å². The van der Waals surface area contributed by atoms with Crippen LogP contribution in [-0.2, 0) is 0 Å². The molecule has 0 aliphatic carbocycles. The Balaban J connectivity index is 2.06. The summed E-state index contributed by atoms with van der Waals surface area (Å²) in [5.41, 5.74) is 9.93. The molecule has 0 aromatic heterocycles. The number of nitrogens with zero attached hydrogens (tertiary/aromatic N) is 1. The Hall–Kier alpha value is -0.680. The molecule has 0 radical (unpaired) electrons. The van der Waals surface area contributed by atoms with Crippen LogP contribution in [0.25, 0.3) is 0 Å². The van der Waals surface area contributed by atoms with E-state index in [1.54, 1.807) is 6.07 Å². The van der Waals surface area contributed by atoms with Gasteiger partial charge in [0.25, 0.3) is 0 Å². The third-order valence-corrected chi connectivity index (χ3v) is 3.44. The Labute approximate surface area is 112 Å². The fraction of sp³-hybridized carbons (Fsp3) is 0.538. The van der Waals surface area contributed by atoms with E-state index in [-0.39, 0.29) is 11.9 Å². The van der Waals surface area contributed by atoms with Gasteiger partial charge >= 0.3 is 0 Å². The standard InChI is InChI=1S/C13H19ClFN3/c14-11-6-10(7-12(15)8-11)13(9-16)17-18-4-2-1-3-5-18/h6-8,13,17H,1-5,9,16H2. The van der Waals surface area contributed by atoms with E-state index in [1.165, 1.54) is 31.4 Å². The van der Waals surface area contributed by atoms with Gasteiger partial charge in [-0.25, -0.2) is 14.8 Å². The third-order valence-electron chi connectivity index (χ3n) is 3.22. The van der Waals surface area contributed by atoms with E-state index in [4.69, 9.17) is 17.3 Å². The predicted octanol–water partition coefficient (Wildman–Crippen LogP) is 2.47. The van der Waals surface area contributed by atoms with Crippen LogP contribution in [0.15, 0.2) is 18.2 Å². The summed E-state index contributed by atoms with van der Waals surface area (Å²) in [4.78, 5) is 0. The molecule has 1 atom stereocenters. The zero-order chi connectivity index (χ0) is 13.0. The summed E-state index contributed by atoms with van der Waals surface area (Å²) in [5, 5.41) is 2.57. The van der Waals surface area contributed by atoms with Crippen LogP contribution < -0.4 is 11.2 Å². The van der Waals surface area contributed by atoms with E-state index >= 15 is 0 Å². The molecule has 5 heteroatoms. The maximum atomic E-state index is 13.3. The van der Waals surface area contributed by atoms with E-state index in [0.717, 1.165) is 18.7 Å². The van der Waals surface area contributed by atoms with Crippen molar-refractivity contribution in [3.8, 4) is 0 Å². The van der Waals surface area contributed by atoms with Crippen molar-refractivity contribution in [2.24, 2.45) is 5.73 Å². The number of halogens is 2. The number of nitrogens with one attached hydrogen (secondary N) is 1. The van der Waals surface area contributed by atoms with Gasteiger partial charge in [-0.05, 0) is 36.6 Å². The van der Waals surface area contributed by atoms with Gasteiger partial charge in [-0.15, -0.1) is 0 Å². The number of nitrogens with two attached hydrogens (primary N) is 1. The lowest BCUT2D eigenvalue weighted by atomic mass is 10.1. The monoisotopic (exact) mass is 271 g/mol. The highest BCUT2D eigenvalue weighted by molar-refractivity contribution is 6.30. The molecule has 0 amide bonds. The van der Waals surface area contributed by atoms with E-state index < -0.39 is 0 Å². The first-order chi connectivity index (χ1) is 8.69. The number of rotatable bonds is 4. The maximum absolute atomic E-state index is 13.3. The Morgan fingerprint density at radius 3 is 2.61 bits per heavy atom. The van der Waals surface area contributed by atoms with Crippen molar-refractivity contribution in [3.05, 3.63) is 34.6 Å². The van der Waals surface area contributed by atoms with Crippen molar-refractivity contribution >= 4 is 11.6 Å². The molecule has 1 aliphatic heterocycles. The first-order valence-corrected chi connectivity index (χ1v) is 6.74. The average molecular weight is 272 g/mol. The molecule has 0 saturated carbocycles. The minimum absolute atomic E-state index is 0.0868. The topological polar surface area (TPSA) is 41.3 Å². The van der Waals surface area contributed by atoms with Crippen molar-refractivity contribution < 1.29 is 4.39 Å². The third kappa shape index (κ3) is 3.65. The highest BCUT2D eigenvalue weighted by Gasteiger charge is 2.17. The fourth-order valence-electron chi connectivity index (χ4n) is 2.28. The molecule has 1 unspecified atom stereocenters. The minimum Gasteiger partial charge on any atom is -0.329 e. The first kappa shape index (κ1) is 13.7. The Morgan fingerprint density at radius 1 is 1.28 bits per heavy atom. The Morgan fingerprint density at radius 2 is 2.00 bits per heavy atom. The maximum Gasteiger partial charge on any atom is 0.125 e. The molecule has 1 aromatic carbocycles. The molecule has 1 saturated heterocycles. The summed E-state index contributed by atoms with van der Waals surface area (Å²) in [5.74, 6) is -0.323. The van der Waals surface area contributed by atoms with Crippen LogP contribution in [0.1, 0.15) is 30.9 Å². The highest BCUT2D eigenvalue weighted by Crippen LogP contribution is 2.20. The lowest BCUT2D eigenvalue weighted by Gasteiger charge is -2.31. The molecule has 100 valence electrons. The number of hydrogen-bond acceptors (Lipinski definition) is 3. The summed E-state index contributed by atoms with van der Waals surface area (Å²) < 4.78 is 13.3. The van der Waals surface area contributed by atoms with Crippen molar-refractivity contribution in [1.82, 2.24) is 10.4 Å². The second kappa shape index (κ2) is 6.48. The molecule has 0 bridgehead atoms. The minimum atomic E-state index is -0.323. The van der Waals surface area contributed by atoms with Crippen LogP contribution >= 0.6 is 11.6 Å². The lowest BCUT2D eigenvalue weighted by molar-refractivity contribution is 0.130. The molecule has 0 spiro atoms. The van der Waals surface area contributed by atoms with Crippen molar-refractivity contribution in [3.63, 3.8) is 0 Å². The Kier molecular flexibility index (Phi) is 4.95. The summed E-state index contributed by atoms with van der Waals surface area (Å²) >= 11 is 5.87. The lowest BCUT2D eigenvalue weighted by Crippen LogP contribution is -2.45. The molecule has 3 N–H and O–H groups in total. The van der Waals surface area contributed by atoms with Crippen molar-refractivity contribution in [2.75, 3.05) is 19.6 Å². The van der Waals surface area contributed by atoms with Crippen LogP contribution in [0.5, 0.6) is 0 Å². The summed E-state index contributed by atoms with van der Waals surface area (Å²) in [6, 6.07) is 4.47. The molecule has 3 nitrogen and oxygen atoms in total. The van der Waals surface area contributed by atoms with Gasteiger partial charge in [0, 0.05) is 24.7 Å². The van der Waals surface area contributed by atoms with Gasteiger partial charge in [0.15, 0.2) is 0 Å². The van der Waals surface area contributed by atoms with Crippen molar-refractivity contribution in [2.45, 2.75) is 25.3 Å². The molecule has 1 fully saturated rings. The molecule has 18 heavy (non-hydrogen) atoms. The van der Waals surface area contributed by atoms with E-state index in [2.05, 4.69) is 10.4 Å². The fourth-order valence-corrected chi connectivity index (χ4v) is 2.51. The molecular weight excluding hydrogens is 253 g/mol. The number of hydrogen-bond donors (Lipinski definition) is 2. The molecular formula is C13H19ClFN3. The quantitative estimate of drug-likeness (QED) is 0.884. The summed E-state index contributed by atoms with van der Waals surface area (Å²) in [7, 11) is 0. The van der Waals surface area contributed by atoms with Crippen LogP contribution in [0.3, 0.4) is 0 Å². The van der Waals surface area contributed by atoms with Crippen LogP contribution in [0.2, 0.25) is 5.02 Å². The van der Waals surface area contributed by atoms with Gasteiger partial charge in [0.05, 0.1) is 6.04 Å². The number of hydrazine groups is 1. The van der Waals surface area contributed by atoms with Gasteiger partial charge < -0.3 is 5.73 Å². The number of piperidine rings is 1. The SMILES string of the molecule is NCC(NN1CCCCC1)c1cc(F)cc(Cl)c1. The molecule has 1 heterocycles. The summed E-state index contributed by atoms with van der Waals surface area (Å²) in [6.07, 6.45) is 3.65. The van der Waals surface area contributed by atoms with Gasteiger partial charge in [-0.2, -0.15) is 0 Å². The summed E-state index contributed by atoms with van der Waals surface area (Å²) in [6.45, 7) is 2.44. The molecule has 2 rings (SSSR count). The first-order valence-electron chi connectivity index (χ1n) is 6.36. The smallest absolute Gasteiger partial charge is 0.125 e. The highest BCUT2D eigenvalue weighted by atomic mass is 35.5. The predicted molar refractivity (Wildman–Crippen MR) is 71.8 cm³/mol. The second-order valence-electron chi connectivity index (χ2n) is 4.67. The van der Waals surface area contributed by atoms with E-state index in [0.29, 0.717) is 11.6 Å².